The van der Waals surface area contributed by atoms with E-state index in [0.29, 0.717) is 13.0 Å². The number of nitriles is 1. The van der Waals surface area contributed by atoms with E-state index in [1.54, 1.807) is 6.92 Å². The van der Waals surface area contributed by atoms with Crippen LogP contribution in [0.3, 0.4) is 0 Å². The highest BCUT2D eigenvalue weighted by molar-refractivity contribution is 5.84. The fourth-order valence-corrected chi connectivity index (χ4v) is 1.70. The van der Waals surface area contributed by atoms with Gasteiger partial charge in [0.2, 0.25) is 5.91 Å². The summed E-state index contributed by atoms with van der Waals surface area (Å²) in [7, 11) is 0. The highest BCUT2D eigenvalue weighted by Gasteiger charge is 2.30. The number of hydrogen-bond acceptors (Lipinski definition) is 3. The predicted molar refractivity (Wildman–Crippen MR) is 60.6 cm³/mol. The van der Waals surface area contributed by atoms with Crippen LogP contribution in [0, 0.1) is 16.7 Å². The van der Waals surface area contributed by atoms with Gasteiger partial charge in [-0.1, -0.05) is 6.92 Å². The molecule has 0 aromatic carbocycles. The van der Waals surface area contributed by atoms with Crippen LogP contribution in [0.4, 0.5) is 0 Å². The van der Waals surface area contributed by atoms with Crippen LogP contribution in [0.25, 0.3) is 0 Å². The van der Waals surface area contributed by atoms with E-state index in [0.717, 1.165) is 25.9 Å². The van der Waals surface area contributed by atoms with Crippen molar-refractivity contribution >= 4 is 5.91 Å². The van der Waals surface area contributed by atoms with Gasteiger partial charge in [-0.3, -0.25) is 4.79 Å². The summed E-state index contributed by atoms with van der Waals surface area (Å²) in [5.41, 5.74) is -0.892. The lowest BCUT2D eigenvalue weighted by molar-refractivity contribution is -0.127. The normalized spacial score (nSPS) is 23.4. The molecule has 0 radical (unpaired) electrons. The van der Waals surface area contributed by atoms with E-state index in [1.807, 2.05) is 6.92 Å². The minimum absolute atomic E-state index is 0.171. The van der Waals surface area contributed by atoms with Crippen molar-refractivity contribution in [1.82, 2.24) is 5.32 Å². The number of carbonyl (C=O) groups excluding carboxylic acids is 1. The summed E-state index contributed by atoms with van der Waals surface area (Å²) >= 11 is 0. The monoisotopic (exact) mass is 224 g/mol. The van der Waals surface area contributed by atoms with Gasteiger partial charge >= 0.3 is 0 Å². The lowest BCUT2D eigenvalue weighted by Gasteiger charge is -2.19. The van der Waals surface area contributed by atoms with Gasteiger partial charge in [0.1, 0.15) is 5.41 Å². The molecule has 1 amide bonds. The first-order valence-corrected chi connectivity index (χ1v) is 5.93. The average Bonchev–Trinajstić information content (AvgIpc) is 2.80. The number of rotatable bonds is 5. The minimum Gasteiger partial charge on any atom is -0.378 e. The van der Waals surface area contributed by atoms with Gasteiger partial charge in [-0.2, -0.15) is 5.26 Å². The molecule has 1 aliphatic heterocycles. The molecule has 1 fully saturated rings. The van der Waals surface area contributed by atoms with E-state index in [2.05, 4.69) is 11.4 Å². The van der Waals surface area contributed by atoms with Gasteiger partial charge in [-0.25, -0.2) is 0 Å². The molecule has 0 spiro atoms. The van der Waals surface area contributed by atoms with Gasteiger partial charge in [-0.15, -0.1) is 0 Å². The highest BCUT2D eigenvalue weighted by atomic mass is 16.5. The van der Waals surface area contributed by atoms with Crippen molar-refractivity contribution in [2.24, 2.45) is 5.41 Å². The van der Waals surface area contributed by atoms with Gasteiger partial charge in [0.25, 0.3) is 0 Å². The predicted octanol–water partition coefficient (Wildman–Crippen LogP) is 1.61. The van der Waals surface area contributed by atoms with Gasteiger partial charge in [0.05, 0.1) is 12.2 Å². The zero-order chi connectivity index (χ0) is 12.0. The molecule has 4 nitrogen and oxygen atoms in total. The van der Waals surface area contributed by atoms with E-state index in [1.165, 1.54) is 0 Å². The second-order valence-electron chi connectivity index (χ2n) is 4.48. The number of amides is 1. The van der Waals surface area contributed by atoms with Crippen LogP contribution in [0.5, 0.6) is 0 Å². The molecular formula is C12H20N2O2. The Labute approximate surface area is 97.0 Å². The van der Waals surface area contributed by atoms with Crippen molar-refractivity contribution in [3.8, 4) is 6.07 Å². The fourth-order valence-electron chi connectivity index (χ4n) is 1.70. The summed E-state index contributed by atoms with van der Waals surface area (Å²) < 4.78 is 5.46. The van der Waals surface area contributed by atoms with Crippen molar-refractivity contribution in [2.45, 2.75) is 45.6 Å². The Kier molecular flexibility index (Phi) is 4.75. The summed E-state index contributed by atoms with van der Waals surface area (Å²) in [5, 5.41) is 11.7. The van der Waals surface area contributed by atoms with Crippen LogP contribution >= 0.6 is 0 Å². The Morgan fingerprint density at radius 2 is 2.44 bits per heavy atom. The molecule has 4 heteroatoms. The topological polar surface area (TPSA) is 62.1 Å². The van der Waals surface area contributed by atoms with Crippen LogP contribution in [0.2, 0.25) is 0 Å². The van der Waals surface area contributed by atoms with E-state index in [9.17, 15) is 4.79 Å². The molecule has 2 atom stereocenters. The first-order chi connectivity index (χ1) is 7.62. The Morgan fingerprint density at radius 1 is 1.69 bits per heavy atom. The maximum Gasteiger partial charge on any atom is 0.240 e. The standard InChI is InChI=1S/C12H20N2O2/c1-3-12(2,9-13)11(15)14-7-6-10-5-4-8-16-10/h10H,3-8H2,1-2H3,(H,14,15). The van der Waals surface area contributed by atoms with E-state index in [4.69, 9.17) is 10.00 Å². The van der Waals surface area contributed by atoms with Crippen LogP contribution in [-0.2, 0) is 9.53 Å². The van der Waals surface area contributed by atoms with Crippen molar-refractivity contribution in [2.75, 3.05) is 13.2 Å². The lowest BCUT2D eigenvalue weighted by Crippen LogP contribution is -2.38. The Hall–Kier alpha value is -1.08. The van der Waals surface area contributed by atoms with Crippen LogP contribution in [-0.4, -0.2) is 25.2 Å². The maximum atomic E-state index is 11.7. The molecule has 90 valence electrons. The fraction of sp³-hybridized carbons (Fsp3) is 0.833. The Morgan fingerprint density at radius 3 is 2.94 bits per heavy atom. The third-order valence-corrected chi connectivity index (χ3v) is 3.23. The molecular weight excluding hydrogens is 204 g/mol. The van der Waals surface area contributed by atoms with Crippen molar-refractivity contribution in [3.63, 3.8) is 0 Å². The molecule has 0 saturated carbocycles. The third-order valence-electron chi connectivity index (χ3n) is 3.23. The summed E-state index contributed by atoms with van der Waals surface area (Å²) in [6.45, 7) is 4.96. The number of ether oxygens (including phenoxy) is 1. The van der Waals surface area contributed by atoms with Crippen molar-refractivity contribution in [3.05, 3.63) is 0 Å². The smallest absolute Gasteiger partial charge is 0.240 e. The molecule has 1 N–H and O–H groups in total. The van der Waals surface area contributed by atoms with Crippen LogP contribution in [0.15, 0.2) is 0 Å². The molecule has 1 rings (SSSR count). The van der Waals surface area contributed by atoms with Crippen molar-refractivity contribution < 1.29 is 9.53 Å². The molecule has 0 aromatic heterocycles. The molecule has 1 aliphatic rings. The Balaban J connectivity index is 2.26. The summed E-state index contributed by atoms with van der Waals surface area (Å²) in [6.07, 6.45) is 3.87. The van der Waals surface area contributed by atoms with Crippen molar-refractivity contribution in [1.29, 1.82) is 5.26 Å². The summed E-state index contributed by atoms with van der Waals surface area (Å²) in [4.78, 5) is 11.7. The quantitative estimate of drug-likeness (QED) is 0.771. The summed E-state index contributed by atoms with van der Waals surface area (Å²) in [5.74, 6) is -0.171. The highest BCUT2D eigenvalue weighted by Crippen LogP contribution is 2.20. The van der Waals surface area contributed by atoms with Crippen LogP contribution in [0.1, 0.15) is 39.5 Å². The molecule has 1 heterocycles. The largest absolute Gasteiger partial charge is 0.378 e. The summed E-state index contributed by atoms with van der Waals surface area (Å²) in [6, 6.07) is 2.06. The molecule has 0 aromatic rings. The van der Waals surface area contributed by atoms with E-state index in [-0.39, 0.29) is 12.0 Å². The zero-order valence-corrected chi connectivity index (χ0v) is 10.1. The second-order valence-corrected chi connectivity index (χ2v) is 4.48. The second kappa shape index (κ2) is 5.86. The Bertz CT molecular complexity index is 279. The first kappa shape index (κ1) is 13.0. The van der Waals surface area contributed by atoms with Gasteiger partial charge in [-0.05, 0) is 32.6 Å². The third kappa shape index (κ3) is 3.21. The SMILES string of the molecule is CCC(C)(C#N)C(=O)NCCC1CCCO1. The van der Waals surface area contributed by atoms with E-state index < -0.39 is 5.41 Å². The minimum atomic E-state index is -0.892. The number of nitrogens with one attached hydrogen (secondary N) is 1. The van der Waals surface area contributed by atoms with Gasteiger partial charge in [0, 0.05) is 13.2 Å². The first-order valence-electron chi connectivity index (χ1n) is 5.93. The van der Waals surface area contributed by atoms with Gasteiger partial charge in [0.15, 0.2) is 0 Å². The lowest BCUT2D eigenvalue weighted by atomic mass is 9.88. The average molecular weight is 224 g/mol. The molecule has 0 aliphatic carbocycles. The molecule has 1 saturated heterocycles. The molecule has 16 heavy (non-hydrogen) atoms. The molecule has 0 bridgehead atoms. The van der Waals surface area contributed by atoms with Crippen LogP contribution < -0.4 is 5.32 Å². The maximum absolute atomic E-state index is 11.7. The molecule has 2 unspecified atom stereocenters. The number of hydrogen-bond donors (Lipinski definition) is 1. The number of nitrogens with zero attached hydrogens (tertiary/aromatic N) is 1. The number of carbonyl (C=O) groups is 1. The van der Waals surface area contributed by atoms with Gasteiger partial charge < -0.3 is 10.1 Å². The van der Waals surface area contributed by atoms with E-state index >= 15 is 0 Å². The zero-order valence-electron chi connectivity index (χ0n) is 10.1.